The molecule has 0 spiro atoms. The molecule has 7 atom stereocenters. The summed E-state index contributed by atoms with van der Waals surface area (Å²) in [5.74, 6) is 4.69. The maximum atomic E-state index is 11.9. The number of carbonyl (C=O) groups is 1. The zero-order valence-corrected chi connectivity index (χ0v) is 16.5. The molecule has 25 heavy (non-hydrogen) atoms. The van der Waals surface area contributed by atoms with Crippen molar-refractivity contribution in [1.29, 1.82) is 0 Å². The second kappa shape index (κ2) is 6.10. The Kier molecular flexibility index (Phi) is 4.28. The van der Waals surface area contributed by atoms with Crippen LogP contribution in [0.3, 0.4) is 0 Å². The third-order valence-electron chi connectivity index (χ3n) is 9.26. The molecule has 0 amide bonds. The van der Waals surface area contributed by atoms with E-state index in [1.807, 2.05) is 6.08 Å². The fourth-order valence-electron chi connectivity index (χ4n) is 7.96. The Hall–Kier alpha value is -0.850. The van der Waals surface area contributed by atoms with E-state index in [0.29, 0.717) is 16.6 Å². The van der Waals surface area contributed by atoms with Gasteiger partial charge >= 0.3 is 0 Å². The highest BCUT2D eigenvalue weighted by Gasteiger charge is 2.59. The Morgan fingerprint density at radius 2 is 1.96 bits per heavy atom. The lowest BCUT2D eigenvalue weighted by Gasteiger charge is -2.58. The average molecular weight is 341 g/mol. The van der Waals surface area contributed by atoms with Crippen molar-refractivity contribution < 1.29 is 4.79 Å². The normalized spacial score (nSPS) is 47.3. The highest BCUT2D eigenvalue weighted by molar-refractivity contribution is 5.91. The Morgan fingerprint density at radius 1 is 1.16 bits per heavy atom. The van der Waals surface area contributed by atoms with Crippen LogP contribution >= 0.6 is 0 Å². The minimum absolute atomic E-state index is 0.322. The molecule has 7 unspecified atom stereocenters. The lowest BCUT2D eigenvalue weighted by atomic mass is 9.46. The Labute approximate surface area is 154 Å². The van der Waals surface area contributed by atoms with Crippen molar-refractivity contribution in [2.45, 2.75) is 78.6 Å². The molecule has 3 saturated carbocycles. The average Bonchev–Trinajstić information content (AvgIpc) is 2.93. The van der Waals surface area contributed by atoms with E-state index in [9.17, 15) is 4.79 Å². The Balaban J connectivity index is 1.61. The highest BCUT2D eigenvalue weighted by Crippen LogP contribution is 2.67. The van der Waals surface area contributed by atoms with Crippen LogP contribution in [-0.2, 0) is 4.79 Å². The van der Waals surface area contributed by atoms with Crippen LogP contribution in [0.2, 0.25) is 0 Å². The summed E-state index contributed by atoms with van der Waals surface area (Å²) >= 11 is 0. The fraction of sp³-hybridized carbons (Fsp3) is 0.792. The summed E-state index contributed by atoms with van der Waals surface area (Å²) in [4.78, 5) is 11.9. The molecule has 4 aliphatic rings. The van der Waals surface area contributed by atoms with Crippen molar-refractivity contribution in [3.05, 3.63) is 24.3 Å². The summed E-state index contributed by atoms with van der Waals surface area (Å²) in [6.45, 7) is 11.6. The number of ketones is 1. The topological polar surface area (TPSA) is 17.1 Å². The van der Waals surface area contributed by atoms with E-state index in [1.54, 1.807) is 0 Å². The predicted octanol–water partition coefficient (Wildman–Crippen LogP) is 6.35. The summed E-state index contributed by atoms with van der Waals surface area (Å²) in [6.07, 6.45) is 15.4. The molecule has 0 aromatic rings. The van der Waals surface area contributed by atoms with E-state index in [2.05, 4.69) is 33.4 Å². The summed E-state index contributed by atoms with van der Waals surface area (Å²) < 4.78 is 0. The van der Waals surface area contributed by atoms with Crippen LogP contribution < -0.4 is 0 Å². The van der Waals surface area contributed by atoms with Gasteiger partial charge in [0.2, 0.25) is 0 Å². The third kappa shape index (κ3) is 2.52. The van der Waals surface area contributed by atoms with Crippen LogP contribution in [0, 0.1) is 40.4 Å². The number of carbonyl (C=O) groups excluding carboxylic acids is 1. The molecule has 0 N–H and O–H groups in total. The van der Waals surface area contributed by atoms with Crippen molar-refractivity contribution in [2.24, 2.45) is 40.4 Å². The van der Waals surface area contributed by atoms with Gasteiger partial charge in [-0.1, -0.05) is 32.4 Å². The quantitative estimate of drug-likeness (QED) is 0.547. The van der Waals surface area contributed by atoms with E-state index in [1.165, 1.54) is 50.5 Å². The molecule has 0 bridgehead atoms. The summed E-state index contributed by atoms with van der Waals surface area (Å²) in [6, 6.07) is 0. The lowest BCUT2D eigenvalue weighted by molar-refractivity contribution is -0.117. The smallest absolute Gasteiger partial charge is 0.155 e. The second-order valence-corrected chi connectivity index (χ2v) is 10.2. The van der Waals surface area contributed by atoms with Gasteiger partial charge in [0.15, 0.2) is 5.78 Å². The van der Waals surface area contributed by atoms with Gasteiger partial charge in [0, 0.05) is 6.42 Å². The molecule has 0 heterocycles. The van der Waals surface area contributed by atoms with Gasteiger partial charge in [-0.05, 0) is 97.9 Å². The van der Waals surface area contributed by atoms with Crippen molar-refractivity contribution >= 4 is 5.78 Å². The molecule has 0 radical (unpaired) electrons. The largest absolute Gasteiger partial charge is 0.295 e. The zero-order chi connectivity index (χ0) is 17.8. The molecular formula is C24H36O. The molecule has 0 aliphatic heterocycles. The standard InChI is InChI=1S/C24H36O/c1-5-6-16(2)20-9-10-21-19-8-7-17-15-18(25)11-13-23(17,3)22(19)12-14-24(20,21)4/h5,15-16,19-22H,1,6-14H2,2-4H3. The predicted molar refractivity (Wildman–Crippen MR) is 104 cm³/mol. The minimum Gasteiger partial charge on any atom is -0.295 e. The molecule has 0 aromatic carbocycles. The summed E-state index contributed by atoms with van der Waals surface area (Å²) in [7, 11) is 0. The van der Waals surface area contributed by atoms with Crippen LogP contribution in [0.25, 0.3) is 0 Å². The van der Waals surface area contributed by atoms with Gasteiger partial charge in [0.25, 0.3) is 0 Å². The van der Waals surface area contributed by atoms with Crippen LogP contribution in [0.15, 0.2) is 24.3 Å². The number of hydrogen-bond acceptors (Lipinski definition) is 1. The van der Waals surface area contributed by atoms with Crippen molar-refractivity contribution in [3.8, 4) is 0 Å². The molecule has 0 aromatic heterocycles. The monoisotopic (exact) mass is 340 g/mol. The minimum atomic E-state index is 0.322. The number of allylic oxidation sites excluding steroid dienone is 2. The molecule has 138 valence electrons. The second-order valence-electron chi connectivity index (χ2n) is 10.2. The van der Waals surface area contributed by atoms with Crippen molar-refractivity contribution in [1.82, 2.24) is 0 Å². The molecule has 1 heteroatoms. The number of hydrogen-bond donors (Lipinski definition) is 0. The molecule has 0 saturated heterocycles. The van der Waals surface area contributed by atoms with Gasteiger partial charge in [-0.2, -0.15) is 0 Å². The van der Waals surface area contributed by atoms with Crippen LogP contribution in [0.4, 0.5) is 0 Å². The third-order valence-corrected chi connectivity index (χ3v) is 9.26. The fourth-order valence-corrected chi connectivity index (χ4v) is 7.96. The van der Waals surface area contributed by atoms with Crippen molar-refractivity contribution in [2.75, 3.05) is 0 Å². The maximum Gasteiger partial charge on any atom is 0.155 e. The van der Waals surface area contributed by atoms with E-state index in [-0.39, 0.29) is 0 Å². The van der Waals surface area contributed by atoms with Gasteiger partial charge in [0.1, 0.15) is 0 Å². The number of rotatable bonds is 3. The first kappa shape index (κ1) is 17.6. The Morgan fingerprint density at radius 3 is 2.72 bits per heavy atom. The first-order valence-electron chi connectivity index (χ1n) is 10.7. The molecule has 4 aliphatic carbocycles. The van der Waals surface area contributed by atoms with Gasteiger partial charge in [0.05, 0.1) is 0 Å². The van der Waals surface area contributed by atoms with Crippen LogP contribution in [0.1, 0.15) is 78.6 Å². The number of fused-ring (bicyclic) bond motifs is 5. The summed E-state index contributed by atoms with van der Waals surface area (Å²) in [5.41, 5.74) is 2.37. The highest BCUT2D eigenvalue weighted by atomic mass is 16.1. The molecule has 4 rings (SSSR count). The maximum absolute atomic E-state index is 11.9. The van der Waals surface area contributed by atoms with E-state index < -0.39 is 0 Å². The van der Waals surface area contributed by atoms with Gasteiger partial charge in [-0.3, -0.25) is 4.79 Å². The summed E-state index contributed by atoms with van der Waals surface area (Å²) in [5, 5.41) is 0. The van der Waals surface area contributed by atoms with E-state index in [0.717, 1.165) is 42.4 Å². The van der Waals surface area contributed by atoms with E-state index >= 15 is 0 Å². The molecule has 3 fully saturated rings. The van der Waals surface area contributed by atoms with Crippen molar-refractivity contribution in [3.63, 3.8) is 0 Å². The first-order valence-corrected chi connectivity index (χ1v) is 10.7. The van der Waals surface area contributed by atoms with Gasteiger partial charge < -0.3 is 0 Å². The lowest BCUT2D eigenvalue weighted by Crippen LogP contribution is -2.50. The van der Waals surface area contributed by atoms with E-state index in [4.69, 9.17) is 0 Å². The van der Waals surface area contributed by atoms with Crippen LogP contribution in [0.5, 0.6) is 0 Å². The van der Waals surface area contributed by atoms with Gasteiger partial charge in [-0.25, -0.2) is 0 Å². The Bertz CT molecular complexity index is 601. The first-order chi connectivity index (χ1) is 11.9. The SMILES string of the molecule is C=CCC(C)C1CCC2C3CCC4=CC(=O)CCC4(C)C3CCC12C. The molecule has 1 nitrogen and oxygen atoms in total. The van der Waals surface area contributed by atoms with Crippen LogP contribution in [-0.4, -0.2) is 5.78 Å². The molecular weight excluding hydrogens is 304 g/mol. The zero-order valence-electron chi connectivity index (χ0n) is 16.5. The van der Waals surface area contributed by atoms with Gasteiger partial charge in [-0.15, -0.1) is 6.58 Å².